The van der Waals surface area contributed by atoms with Crippen LogP contribution in [0.15, 0.2) is 48.5 Å². The van der Waals surface area contributed by atoms with Crippen molar-refractivity contribution in [3.05, 3.63) is 65.2 Å². The summed E-state index contributed by atoms with van der Waals surface area (Å²) in [6.45, 7) is 4.59. The molecular weight excluding hydrogens is 352 g/mol. The molecule has 5 rings (SSSR count). The zero-order valence-corrected chi connectivity index (χ0v) is 16.0. The fourth-order valence-corrected chi connectivity index (χ4v) is 4.80. The summed E-state index contributed by atoms with van der Waals surface area (Å²) >= 11 is 0. The number of nitrogens with zero attached hydrogens (tertiary/aromatic N) is 2. The van der Waals surface area contributed by atoms with E-state index in [1.165, 1.54) is 16.8 Å². The number of hydrogen-bond acceptors (Lipinski definition) is 4. The topological polar surface area (TPSA) is 42.0 Å². The standard InChI is InChI=1S/C23H26N2O3/c26-23(28-16-17-4-2-1-3-5-17)25-9-8-18-14-22(25)20-7-6-19(15-21(18)20)24-10-12-27-13-11-24/h1-7,15,18,22H,8-14,16H2/t18?,22-/m0/s1. The molecule has 3 aliphatic rings. The number of anilines is 1. The van der Waals surface area contributed by atoms with Gasteiger partial charge in [-0.25, -0.2) is 4.79 Å². The van der Waals surface area contributed by atoms with Gasteiger partial charge in [0.2, 0.25) is 0 Å². The number of ether oxygens (including phenoxy) is 2. The third kappa shape index (κ3) is 3.24. The van der Waals surface area contributed by atoms with E-state index in [1.807, 2.05) is 35.2 Å². The van der Waals surface area contributed by atoms with Gasteiger partial charge in [-0.15, -0.1) is 0 Å². The molecule has 1 aliphatic carbocycles. The quantitative estimate of drug-likeness (QED) is 0.807. The smallest absolute Gasteiger partial charge is 0.410 e. The summed E-state index contributed by atoms with van der Waals surface area (Å²) in [5.74, 6) is 0.555. The van der Waals surface area contributed by atoms with Crippen LogP contribution in [0.25, 0.3) is 0 Å². The van der Waals surface area contributed by atoms with E-state index >= 15 is 0 Å². The van der Waals surface area contributed by atoms with E-state index in [4.69, 9.17) is 9.47 Å². The van der Waals surface area contributed by atoms with Gasteiger partial charge >= 0.3 is 6.09 Å². The van der Waals surface area contributed by atoms with Crippen LogP contribution in [0.4, 0.5) is 10.5 Å². The van der Waals surface area contributed by atoms with Crippen molar-refractivity contribution < 1.29 is 14.3 Å². The number of amides is 1. The van der Waals surface area contributed by atoms with Crippen molar-refractivity contribution in [3.63, 3.8) is 0 Å². The first kappa shape index (κ1) is 17.6. The highest BCUT2D eigenvalue weighted by Gasteiger charge is 2.41. The minimum absolute atomic E-state index is 0.149. The number of fused-ring (bicyclic) bond motifs is 5. The zero-order chi connectivity index (χ0) is 18.9. The Kier molecular flexibility index (Phi) is 4.69. The number of morpholine rings is 1. The van der Waals surface area contributed by atoms with Gasteiger partial charge in [0.25, 0.3) is 0 Å². The highest BCUT2D eigenvalue weighted by atomic mass is 16.6. The Labute approximate surface area is 165 Å². The molecule has 2 saturated heterocycles. The summed E-state index contributed by atoms with van der Waals surface area (Å²) < 4.78 is 11.1. The zero-order valence-electron chi connectivity index (χ0n) is 16.0. The minimum atomic E-state index is -0.197. The molecule has 2 aromatic rings. The van der Waals surface area contributed by atoms with Gasteiger partial charge in [-0.2, -0.15) is 0 Å². The average Bonchev–Trinajstić information content (AvgIpc) is 3.05. The third-order valence-corrected chi connectivity index (χ3v) is 6.29. The van der Waals surface area contributed by atoms with Crippen molar-refractivity contribution in [1.29, 1.82) is 0 Å². The first-order valence-corrected chi connectivity index (χ1v) is 10.2. The highest BCUT2D eigenvalue weighted by Crippen LogP contribution is 2.50. The Morgan fingerprint density at radius 1 is 1.04 bits per heavy atom. The fourth-order valence-electron chi connectivity index (χ4n) is 4.80. The largest absolute Gasteiger partial charge is 0.445 e. The second-order valence-corrected chi connectivity index (χ2v) is 7.88. The van der Waals surface area contributed by atoms with Crippen molar-refractivity contribution in [1.82, 2.24) is 4.90 Å². The summed E-state index contributed by atoms with van der Waals surface area (Å²) in [6.07, 6.45) is 1.83. The Hall–Kier alpha value is -2.53. The third-order valence-electron chi connectivity index (χ3n) is 6.29. The number of likely N-dealkylation sites (tertiary alicyclic amines) is 1. The molecule has 0 aromatic heterocycles. The van der Waals surface area contributed by atoms with Crippen LogP contribution < -0.4 is 4.90 Å². The molecule has 0 N–H and O–H groups in total. The van der Waals surface area contributed by atoms with Crippen LogP contribution in [0.1, 0.15) is 41.5 Å². The van der Waals surface area contributed by atoms with Crippen LogP contribution in [0, 0.1) is 0 Å². The summed E-state index contributed by atoms with van der Waals surface area (Å²) in [7, 11) is 0. The molecule has 0 spiro atoms. The van der Waals surface area contributed by atoms with E-state index in [2.05, 4.69) is 23.1 Å². The SMILES string of the molecule is O=C(OCc1ccccc1)N1CCC2C[C@H]1c1ccc(N3CCOCC3)cc12. The van der Waals surface area contributed by atoms with Gasteiger partial charge in [0.1, 0.15) is 6.61 Å². The monoisotopic (exact) mass is 378 g/mol. The van der Waals surface area contributed by atoms with Crippen LogP contribution in [0.3, 0.4) is 0 Å². The molecule has 28 heavy (non-hydrogen) atoms. The van der Waals surface area contributed by atoms with Gasteiger partial charge in [-0.05, 0) is 47.6 Å². The Bertz CT molecular complexity index is 848. The van der Waals surface area contributed by atoms with Crippen molar-refractivity contribution in [2.24, 2.45) is 0 Å². The predicted octanol–water partition coefficient (Wildman–Crippen LogP) is 4.09. The van der Waals surface area contributed by atoms with E-state index in [9.17, 15) is 4.79 Å². The molecule has 2 aromatic carbocycles. The van der Waals surface area contributed by atoms with Gasteiger partial charge < -0.3 is 19.3 Å². The number of rotatable bonds is 3. The highest BCUT2D eigenvalue weighted by molar-refractivity contribution is 5.70. The van der Waals surface area contributed by atoms with Gasteiger partial charge in [0.15, 0.2) is 0 Å². The van der Waals surface area contributed by atoms with E-state index in [0.717, 1.165) is 51.3 Å². The van der Waals surface area contributed by atoms with Gasteiger partial charge in [0, 0.05) is 25.3 Å². The molecule has 5 nitrogen and oxygen atoms in total. The second-order valence-electron chi connectivity index (χ2n) is 7.88. The minimum Gasteiger partial charge on any atom is -0.445 e. The second kappa shape index (κ2) is 7.47. The molecule has 1 unspecified atom stereocenters. The maximum absolute atomic E-state index is 12.8. The maximum Gasteiger partial charge on any atom is 0.410 e. The van der Waals surface area contributed by atoms with Crippen molar-refractivity contribution in [3.8, 4) is 0 Å². The van der Waals surface area contributed by atoms with Crippen LogP contribution in [0.5, 0.6) is 0 Å². The number of hydrogen-bond donors (Lipinski definition) is 0. The molecular formula is C23H26N2O3. The van der Waals surface area contributed by atoms with Crippen molar-refractivity contribution in [2.45, 2.75) is 31.4 Å². The molecule has 2 bridgehead atoms. The van der Waals surface area contributed by atoms with Crippen LogP contribution in [-0.2, 0) is 16.1 Å². The van der Waals surface area contributed by atoms with Crippen LogP contribution in [-0.4, -0.2) is 43.8 Å². The van der Waals surface area contributed by atoms with E-state index in [0.29, 0.717) is 12.5 Å². The lowest BCUT2D eigenvalue weighted by atomic mass is 9.95. The molecule has 0 saturated carbocycles. The molecule has 1 amide bonds. The van der Waals surface area contributed by atoms with E-state index in [1.54, 1.807) is 0 Å². The van der Waals surface area contributed by atoms with Gasteiger partial charge in [-0.3, -0.25) is 0 Å². The number of carbonyl (C=O) groups is 1. The van der Waals surface area contributed by atoms with Crippen LogP contribution in [0.2, 0.25) is 0 Å². The Morgan fingerprint density at radius 3 is 2.68 bits per heavy atom. The molecule has 2 aliphatic heterocycles. The van der Waals surface area contributed by atoms with Crippen LogP contribution >= 0.6 is 0 Å². The van der Waals surface area contributed by atoms with Gasteiger partial charge in [-0.1, -0.05) is 36.4 Å². The molecule has 2 fully saturated rings. The first-order chi connectivity index (χ1) is 13.8. The van der Waals surface area contributed by atoms with Gasteiger partial charge in [0.05, 0.1) is 19.3 Å². The summed E-state index contributed by atoms with van der Waals surface area (Å²) in [6, 6.07) is 16.8. The molecule has 2 atom stereocenters. The fraction of sp³-hybridized carbons (Fsp3) is 0.435. The Morgan fingerprint density at radius 2 is 1.86 bits per heavy atom. The normalized spacial score (nSPS) is 23.4. The Balaban J connectivity index is 1.31. The van der Waals surface area contributed by atoms with E-state index in [-0.39, 0.29) is 12.1 Å². The van der Waals surface area contributed by atoms with E-state index < -0.39 is 0 Å². The summed E-state index contributed by atoms with van der Waals surface area (Å²) in [5.41, 5.74) is 5.03. The predicted molar refractivity (Wildman–Crippen MR) is 108 cm³/mol. The number of piperidine rings is 1. The molecule has 2 heterocycles. The summed E-state index contributed by atoms with van der Waals surface area (Å²) in [4.78, 5) is 17.1. The number of benzene rings is 2. The average molecular weight is 378 g/mol. The number of carbonyl (C=O) groups excluding carboxylic acids is 1. The molecule has 146 valence electrons. The van der Waals surface area contributed by atoms with Crippen molar-refractivity contribution in [2.75, 3.05) is 37.7 Å². The lowest BCUT2D eigenvalue weighted by Crippen LogP contribution is -2.37. The lowest BCUT2D eigenvalue weighted by molar-refractivity contribution is 0.0694. The maximum atomic E-state index is 12.8. The molecule has 5 heteroatoms. The van der Waals surface area contributed by atoms with Crippen molar-refractivity contribution >= 4 is 11.8 Å². The molecule has 0 radical (unpaired) electrons. The summed E-state index contributed by atoms with van der Waals surface area (Å²) in [5, 5.41) is 0. The lowest BCUT2D eigenvalue weighted by Gasteiger charge is -2.32. The first-order valence-electron chi connectivity index (χ1n) is 10.2.